The minimum absolute atomic E-state index is 0.258. The number of thiocarbonyl (C=S) groups is 1. The Hall–Kier alpha value is -2.35. The molecular formula is C20H30N4O3S. The molecule has 3 amide bonds. The first-order valence-electron chi connectivity index (χ1n) is 9.71. The van der Waals surface area contributed by atoms with Crippen LogP contribution in [-0.2, 0) is 10.3 Å². The number of benzene rings is 1. The van der Waals surface area contributed by atoms with Crippen LogP contribution >= 0.6 is 12.2 Å². The molecule has 1 fully saturated rings. The van der Waals surface area contributed by atoms with Gasteiger partial charge in [0.15, 0.2) is 5.11 Å². The van der Waals surface area contributed by atoms with Crippen LogP contribution in [0.3, 0.4) is 0 Å². The monoisotopic (exact) mass is 406 g/mol. The van der Waals surface area contributed by atoms with Gasteiger partial charge in [-0.1, -0.05) is 45.2 Å². The van der Waals surface area contributed by atoms with Crippen LogP contribution in [0.15, 0.2) is 24.3 Å². The quantitative estimate of drug-likeness (QED) is 0.432. The lowest BCUT2D eigenvalue weighted by Crippen LogP contribution is -2.51. The number of nitrogens with zero attached hydrogens (tertiary/aromatic N) is 1. The average Bonchev–Trinajstić information content (AvgIpc) is 2.92. The Balaban J connectivity index is 2.02. The van der Waals surface area contributed by atoms with Crippen molar-refractivity contribution in [1.82, 2.24) is 21.1 Å². The summed E-state index contributed by atoms with van der Waals surface area (Å²) in [5, 5.41) is 7.05. The number of carbonyl (C=O) groups excluding carboxylic acids is 2. The van der Waals surface area contributed by atoms with E-state index in [1.54, 1.807) is 38.3 Å². The van der Waals surface area contributed by atoms with Crippen molar-refractivity contribution < 1.29 is 14.3 Å². The van der Waals surface area contributed by atoms with Crippen molar-refractivity contribution in [2.45, 2.75) is 52.0 Å². The molecule has 154 valence electrons. The highest BCUT2D eigenvalue weighted by Gasteiger charge is 2.50. The highest BCUT2D eigenvalue weighted by atomic mass is 32.1. The van der Waals surface area contributed by atoms with Gasteiger partial charge in [0.1, 0.15) is 11.3 Å². The molecule has 0 aromatic heterocycles. The molecule has 2 atom stereocenters. The molecule has 1 heterocycles. The number of rotatable bonds is 9. The van der Waals surface area contributed by atoms with Crippen LogP contribution in [0.2, 0.25) is 0 Å². The number of methoxy groups -OCH3 is 1. The predicted molar refractivity (Wildman–Crippen MR) is 113 cm³/mol. The molecule has 8 heteroatoms. The number of amides is 3. The maximum Gasteiger partial charge on any atom is 0.344 e. The van der Waals surface area contributed by atoms with Gasteiger partial charge in [-0.25, -0.2) is 4.79 Å². The zero-order valence-corrected chi connectivity index (χ0v) is 17.8. The molecule has 0 bridgehead atoms. The van der Waals surface area contributed by atoms with Gasteiger partial charge in [-0.2, -0.15) is 5.01 Å². The average molecular weight is 407 g/mol. The maximum atomic E-state index is 13.0. The van der Waals surface area contributed by atoms with Crippen LogP contribution in [0.4, 0.5) is 4.79 Å². The number of urea groups is 1. The smallest absolute Gasteiger partial charge is 0.344 e. The lowest BCUT2D eigenvalue weighted by Gasteiger charge is -2.23. The lowest BCUT2D eigenvalue weighted by atomic mass is 9.92. The molecule has 1 aliphatic heterocycles. The molecule has 3 N–H and O–H groups in total. The van der Waals surface area contributed by atoms with Gasteiger partial charge in [0.05, 0.1) is 7.11 Å². The molecule has 28 heavy (non-hydrogen) atoms. The summed E-state index contributed by atoms with van der Waals surface area (Å²) in [4.78, 5) is 25.4. The Kier molecular flexibility index (Phi) is 7.62. The molecule has 0 spiro atoms. The largest absolute Gasteiger partial charge is 0.497 e. The topological polar surface area (TPSA) is 82.7 Å². The molecular weight excluding hydrogens is 376 g/mol. The van der Waals surface area contributed by atoms with Crippen LogP contribution < -0.4 is 20.8 Å². The minimum Gasteiger partial charge on any atom is -0.497 e. The van der Waals surface area contributed by atoms with Crippen molar-refractivity contribution in [1.29, 1.82) is 0 Å². The standard InChI is InChI=1S/C20H30N4O3S/c1-5-7-9-14(6-2)13-21-18(28)23-24-17(25)20(3,22-19(24)26)15-10-8-11-16(12-15)27-4/h8,10-12,14H,5-7,9,13H2,1-4H3,(H,22,26)(H2,21,23,28)/t14-,20-/m0/s1. The molecule has 0 saturated carbocycles. The molecule has 0 aliphatic carbocycles. The van der Waals surface area contributed by atoms with Crippen molar-refractivity contribution in [3.05, 3.63) is 29.8 Å². The number of hydrogen-bond acceptors (Lipinski definition) is 4. The lowest BCUT2D eigenvalue weighted by molar-refractivity contribution is -0.132. The summed E-state index contributed by atoms with van der Waals surface area (Å²) < 4.78 is 5.22. The van der Waals surface area contributed by atoms with Crippen LogP contribution in [0.5, 0.6) is 5.75 Å². The molecule has 1 saturated heterocycles. The van der Waals surface area contributed by atoms with Gasteiger partial charge in [0, 0.05) is 6.54 Å². The molecule has 1 aromatic carbocycles. The molecule has 0 radical (unpaired) electrons. The number of nitrogens with one attached hydrogen (secondary N) is 3. The highest BCUT2D eigenvalue weighted by Crippen LogP contribution is 2.30. The number of carbonyl (C=O) groups is 2. The van der Waals surface area contributed by atoms with Crippen molar-refractivity contribution >= 4 is 29.3 Å². The van der Waals surface area contributed by atoms with Crippen molar-refractivity contribution in [3.63, 3.8) is 0 Å². The van der Waals surface area contributed by atoms with Crippen LogP contribution in [0.25, 0.3) is 0 Å². The number of imide groups is 1. The third-order valence-corrected chi connectivity index (χ3v) is 5.38. The summed E-state index contributed by atoms with van der Waals surface area (Å²) in [6, 6.07) is 6.53. The zero-order valence-electron chi connectivity index (χ0n) is 17.0. The number of unbranched alkanes of at least 4 members (excludes halogenated alkanes) is 1. The van der Waals surface area contributed by atoms with E-state index in [1.807, 2.05) is 0 Å². The highest BCUT2D eigenvalue weighted by molar-refractivity contribution is 7.80. The van der Waals surface area contributed by atoms with E-state index >= 15 is 0 Å². The van der Waals surface area contributed by atoms with Gasteiger partial charge in [0.25, 0.3) is 5.91 Å². The molecule has 0 unspecified atom stereocenters. The molecule has 7 nitrogen and oxygen atoms in total. The summed E-state index contributed by atoms with van der Waals surface area (Å²) in [6.07, 6.45) is 4.50. The zero-order chi connectivity index (χ0) is 20.7. The fourth-order valence-electron chi connectivity index (χ4n) is 3.19. The van der Waals surface area contributed by atoms with Gasteiger partial charge >= 0.3 is 6.03 Å². The number of hydrogen-bond donors (Lipinski definition) is 3. The first-order valence-corrected chi connectivity index (χ1v) is 10.1. The van der Waals surface area contributed by atoms with Gasteiger partial charge in [0.2, 0.25) is 0 Å². The fourth-order valence-corrected chi connectivity index (χ4v) is 3.37. The summed E-state index contributed by atoms with van der Waals surface area (Å²) in [6.45, 7) is 6.69. The summed E-state index contributed by atoms with van der Waals surface area (Å²) in [7, 11) is 1.55. The van der Waals surface area contributed by atoms with Gasteiger partial charge in [-0.05, 0) is 49.2 Å². The van der Waals surface area contributed by atoms with E-state index in [2.05, 4.69) is 29.9 Å². The van der Waals surface area contributed by atoms with Crippen LogP contribution in [0.1, 0.15) is 52.0 Å². The second-order valence-electron chi connectivity index (χ2n) is 7.17. The van der Waals surface area contributed by atoms with Crippen LogP contribution in [-0.4, -0.2) is 35.7 Å². The first-order chi connectivity index (χ1) is 13.3. The Morgan fingerprint density at radius 1 is 1.36 bits per heavy atom. The summed E-state index contributed by atoms with van der Waals surface area (Å²) in [5.74, 6) is 0.694. The number of hydrazine groups is 1. The minimum atomic E-state index is -1.19. The second kappa shape index (κ2) is 9.73. The van der Waals surface area contributed by atoms with Gasteiger partial charge in [-0.3, -0.25) is 10.2 Å². The van der Waals surface area contributed by atoms with Crippen LogP contribution in [0, 0.1) is 5.92 Å². The van der Waals surface area contributed by atoms with Crippen molar-refractivity contribution in [2.75, 3.05) is 13.7 Å². The Morgan fingerprint density at radius 3 is 2.75 bits per heavy atom. The Labute approximate surface area is 172 Å². The maximum absolute atomic E-state index is 13.0. The Morgan fingerprint density at radius 2 is 2.11 bits per heavy atom. The van der Waals surface area contributed by atoms with Gasteiger partial charge < -0.3 is 15.4 Å². The fraction of sp³-hybridized carbons (Fsp3) is 0.550. The van der Waals surface area contributed by atoms with E-state index in [9.17, 15) is 9.59 Å². The summed E-state index contributed by atoms with van der Waals surface area (Å²) >= 11 is 5.29. The molecule has 1 aromatic rings. The molecule has 1 aliphatic rings. The van der Waals surface area contributed by atoms with E-state index in [1.165, 1.54) is 6.42 Å². The van der Waals surface area contributed by atoms with Gasteiger partial charge in [-0.15, -0.1) is 0 Å². The van der Waals surface area contributed by atoms with E-state index in [0.717, 1.165) is 24.3 Å². The molecule has 2 rings (SSSR count). The number of ether oxygens (including phenoxy) is 1. The second-order valence-corrected chi connectivity index (χ2v) is 7.57. The van der Waals surface area contributed by atoms with Crippen molar-refractivity contribution in [3.8, 4) is 5.75 Å². The Bertz CT molecular complexity index is 727. The normalized spacial score (nSPS) is 19.9. The summed E-state index contributed by atoms with van der Waals surface area (Å²) in [5.41, 5.74) is 2.17. The SMILES string of the molecule is CCCC[C@H](CC)CNC(=S)NN1C(=O)N[C@@](C)(c2cccc(OC)c2)C1=O. The first kappa shape index (κ1) is 21.9. The predicted octanol–water partition coefficient (Wildman–Crippen LogP) is 3.06. The third kappa shape index (κ3) is 4.92. The third-order valence-electron chi connectivity index (χ3n) is 5.15. The van der Waals surface area contributed by atoms with E-state index < -0.39 is 17.5 Å². The van der Waals surface area contributed by atoms with E-state index in [4.69, 9.17) is 17.0 Å². The van der Waals surface area contributed by atoms with Crippen molar-refractivity contribution in [2.24, 2.45) is 5.92 Å². The van der Waals surface area contributed by atoms with E-state index in [-0.39, 0.29) is 5.11 Å². The van der Waals surface area contributed by atoms with E-state index in [0.29, 0.717) is 23.8 Å².